The summed E-state index contributed by atoms with van der Waals surface area (Å²) < 4.78 is 21.7. The van der Waals surface area contributed by atoms with Gasteiger partial charge in [-0.2, -0.15) is 0 Å². The van der Waals surface area contributed by atoms with Gasteiger partial charge in [0.15, 0.2) is 17.1 Å². The second kappa shape index (κ2) is 5.77. The fraction of sp³-hybridized carbons (Fsp3) is 0.333. The number of halogens is 1. The molecular weight excluding hydrogens is 370 g/mol. The fourth-order valence-electron chi connectivity index (χ4n) is 2.10. The summed E-state index contributed by atoms with van der Waals surface area (Å²) in [7, 11) is 0. The van der Waals surface area contributed by atoms with Crippen LogP contribution < -0.4 is 14.8 Å². The number of benzene rings is 1. The highest BCUT2D eigenvalue weighted by atomic mass is 79.9. The van der Waals surface area contributed by atoms with E-state index >= 15 is 0 Å². The Hall–Kier alpha value is -2.22. The monoisotopic (exact) mass is 383 g/mol. The molecule has 3 rings (SSSR count). The van der Waals surface area contributed by atoms with Crippen LogP contribution in [0.3, 0.4) is 0 Å². The lowest BCUT2D eigenvalue weighted by Crippen LogP contribution is -2.42. The van der Waals surface area contributed by atoms with Crippen LogP contribution in [0.2, 0.25) is 0 Å². The molecule has 1 aromatic rings. The number of carbonyl (C=O) groups is 2. The highest BCUT2D eigenvalue weighted by Crippen LogP contribution is 2.38. The van der Waals surface area contributed by atoms with E-state index in [4.69, 9.17) is 18.9 Å². The van der Waals surface area contributed by atoms with E-state index in [1.807, 2.05) is 0 Å². The van der Waals surface area contributed by atoms with Crippen LogP contribution in [0.1, 0.15) is 13.8 Å². The Bertz CT molecular complexity index is 690. The van der Waals surface area contributed by atoms with Gasteiger partial charge in [0, 0.05) is 36.7 Å². The molecule has 2 heterocycles. The molecule has 7 nitrogen and oxygen atoms in total. The summed E-state index contributed by atoms with van der Waals surface area (Å²) in [6.07, 6.45) is 1.25. The Kier molecular flexibility index (Phi) is 3.93. The number of hydrogen-bond donors (Lipinski definition) is 1. The molecular formula is C15H14BrNO6. The molecule has 0 aliphatic carbocycles. The minimum atomic E-state index is -1.26. The van der Waals surface area contributed by atoms with Crippen LogP contribution in [-0.4, -0.2) is 30.9 Å². The molecule has 2 aliphatic rings. The summed E-state index contributed by atoms with van der Waals surface area (Å²) in [5.74, 6) is -1.54. The highest BCUT2D eigenvalue weighted by molar-refractivity contribution is 9.10. The zero-order chi connectivity index (χ0) is 16.6. The molecule has 0 bridgehead atoms. The summed E-state index contributed by atoms with van der Waals surface area (Å²) in [6, 6.07) is 3.45. The van der Waals surface area contributed by atoms with Crippen LogP contribution in [-0.2, 0) is 19.1 Å². The number of ether oxygens (including phenoxy) is 4. The Morgan fingerprint density at radius 3 is 2.26 bits per heavy atom. The molecule has 0 saturated carbocycles. The van der Waals surface area contributed by atoms with Gasteiger partial charge in [0.1, 0.15) is 13.2 Å². The SMILES string of the molecule is CC1(C)OC(=O)C(=CNc2cc3c(cc2Br)OCCO3)C(=O)O1. The minimum absolute atomic E-state index is 0.217. The second-order valence-electron chi connectivity index (χ2n) is 5.36. The molecule has 0 amide bonds. The van der Waals surface area contributed by atoms with E-state index in [0.717, 1.165) is 0 Å². The van der Waals surface area contributed by atoms with Crippen molar-refractivity contribution in [2.75, 3.05) is 18.5 Å². The van der Waals surface area contributed by atoms with E-state index in [9.17, 15) is 9.59 Å². The van der Waals surface area contributed by atoms with Crippen molar-refractivity contribution in [3.8, 4) is 11.5 Å². The van der Waals surface area contributed by atoms with E-state index in [1.165, 1.54) is 20.0 Å². The number of carbonyl (C=O) groups excluding carboxylic acids is 2. The Morgan fingerprint density at radius 1 is 1.09 bits per heavy atom. The molecule has 0 radical (unpaired) electrons. The Balaban J connectivity index is 1.82. The van der Waals surface area contributed by atoms with Gasteiger partial charge in [-0.15, -0.1) is 0 Å². The van der Waals surface area contributed by atoms with Crippen LogP contribution in [0.5, 0.6) is 11.5 Å². The third-order valence-corrected chi connectivity index (χ3v) is 3.78. The van der Waals surface area contributed by atoms with E-state index in [1.54, 1.807) is 12.1 Å². The van der Waals surface area contributed by atoms with Crippen LogP contribution in [0, 0.1) is 0 Å². The maximum atomic E-state index is 11.9. The van der Waals surface area contributed by atoms with Crippen molar-refractivity contribution in [1.82, 2.24) is 0 Å². The predicted octanol–water partition coefficient (Wildman–Crippen LogP) is 2.35. The molecule has 122 valence electrons. The molecule has 8 heteroatoms. The van der Waals surface area contributed by atoms with E-state index in [2.05, 4.69) is 21.2 Å². The average molecular weight is 384 g/mol. The predicted molar refractivity (Wildman–Crippen MR) is 83.1 cm³/mol. The first-order valence-corrected chi connectivity index (χ1v) is 7.67. The average Bonchev–Trinajstić information content (AvgIpc) is 2.45. The van der Waals surface area contributed by atoms with Crippen LogP contribution in [0.15, 0.2) is 28.4 Å². The fourth-order valence-corrected chi connectivity index (χ4v) is 2.54. The van der Waals surface area contributed by atoms with Gasteiger partial charge in [-0.25, -0.2) is 9.59 Å². The molecule has 23 heavy (non-hydrogen) atoms. The minimum Gasteiger partial charge on any atom is -0.486 e. The van der Waals surface area contributed by atoms with Crippen molar-refractivity contribution in [3.63, 3.8) is 0 Å². The van der Waals surface area contributed by atoms with Gasteiger partial charge in [0.2, 0.25) is 0 Å². The van der Waals surface area contributed by atoms with Gasteiger partial charge in [-0.1, -0.05) is 0 Å². The topological polar surface area (TPSA) is 83.1 Å². The Morgan fingerprint density at radius 2 is 1.65 bits per heavy atom. The third-order valence-electron chi connectivity index (χ3n) is 3.12. The van der Waals surface area contributed by atoms with E-state index in [0.29, 0.717) is 34.9 Å². The van der Waals surface area contributed by atoms with E-state index < -0.39 is 17.7 Å². The quantitative estimate of drug-likeness (QED) is 0.476. The van der Waals surface area contributed by atoms with E-state index in [-0.39, 0.29) is 5.57 Å². The lowest BCUT2D eigenvalue weighted by molar-refractivity contribution is -0.222. The maximum Gasteiger partial charge on any atom is 0.350 e. The number of esters is 2. The summed E-state index contributed by atoms with van der Waals surface area (Å²) >= 11 is 3.39. The lowest BCUT2D eigenvalue weighted by atomic mass is 10.2. The zero-order valence-corrected chi connectivity index (χ0v) is 14.1. The molecule has 1 N–H and O–H groups in total. The number of anilines is 1. The van der Waals surface area contributed by atoms with Gasteiger partial charge < -0.3 is 24.3 Å². The zero-order valence-electron chi connectivity index (χ0n) is 12.5. The second-order valence-corrected chi connectivity index (χ2v) is 6.21. The molecule has 0 atom stereocenters. The third kappa shape index (κ3) is 3.26. The number of fused-ring (bicyclic) bond motifs is 1. The number of rotatable bonds is 2. The highest BCUT2D eigenvalue weighted by Gasteiger charge is 2.39. The summed E-state index contributed by atoms with van der Waals surface area (Å²) in [4.78, 5) is 23.7. The first-order chi connectivity index (χ1) is 10.9. The summed E-state index contributed by atoms with van der Waals surface area (Å²) in [5.41, 5.74) is 0.387. The molecule has 0 aromatic heterocycles. The van der Waals surface area contributed by atoms with Crippen molar-refractivity contribution in [1.29, 1.82) is 0 Å². The normalized spacial score (nSPS) is 18.8. The van der Waals surface area contributed by atoms with Gasteiger partial charge in [0.25, 0.3) is 5.79 Å². The summed E-state index contributed by atoms with van der Waals surface area (Å²) in [5, 5.41) is 2.87. The Labute approximate surface area is 140 Å². The maximum absolute atomic E-state index is 11.9. The van der Waals surface area contributed by atoms with Crippen molar-refractivity contribution in [2.24, 2.45) is 0 Å². The van der Waals surface area contributed by atoms with Crippen molar-refractivity contribution in [2.45, 2.75) is 19.6 Å². The number of nitrogens with one attached hydrogen (secondary N) is 1. The van der Waals surface area contributed by atoms with Gasteiger partial charge in [0.05, 0.1) is 5.69 Å². The smallest absolute Gasteiger partial charge is 0.350 e. The molecule has 1 aromatic carbocycles. The standard InChI is InChI=1S/C15H14BrNO6/c1-15(2)22-13(18)8(14(19)23-15)7-17-10-6-12-11(5-9(10)16)20-3-4-21-12/h5-7,17H,3-4H2,1-2H3. The van der Waals surface area contributed by atoms with Gasteiger partial charge in [-0.05, 0) is 15.9 Å². The molecule has 1 saturated heterocycles. The van der Waals surface area contributed by atoms with Gasteiger partial charge in [-0.3, -0.25) is 0 Å². The van der Waals surface area contributed by atoms with Crippen molar-refractivity contribution < 1.29 is 28.5 Å². The molecule has 2 aliphatic heterocycles. The molecule has 0 unspecified atom stereocenters. The van der Waals surface area contributed by atoms with Crippen LogP contribution in [0.25, 0.3) is 0 Å². The van der Waals surface area contributed by atoms with Crippen LogP contribution in [0.4, 0.5) is 5.69 Å². The first kappa shape index (κ1) is 15.7. The largest absolute Gasteiger partial charge is 0.486 e. The van der Waals surface area contributed by atoms with Crippen LogP contribution >= 0.6 is 15.9 Å². The van der Waals surface area contributed by atoms with Crippen molar-refractivity contribution in [3.05, 3.63) is 28.4 Å². The lowest BCUT2D eigenvalue weighted by Gasteiger charge is -2.29. The van der Waals surface area contributed by atoms with Crippen molar-refractivity contribution >= 4 is 33.6 Å². The number of cyclic esters (lactones) is 2. The number of hydrogen-bond acceptors (Lipinski definition) is 7. The summed E-state index contributed by atoms with van der Waals surface area (Å²) in [6.45, 7) is 3.93. The molecule has 0 spiro atoms. The molecule has 1 fully saturated rings. The first-order valence-electron chi connectivity index (χ1n) is 6.88. The van der Waals surface area contributed by atoms with Gasteiger partial charge >= 0.3 is 11.9 Å².